The Morgan fingerprint density at radius 3 is 2.85 bits per heavy atom. The van der Waals surface area contributed by atoms with E-state index in [1.807, 2.05) is 11.3 Å². The molecule has 0 saturated heterocycles. The Morgan fingerprint density at radius 1 is 1.38 bits per heavy atom. The third-order valence-corrected chi connectivity index (χ3v) is 5.46. The van der Waals surface area contributed by atoms with Crippen molar-refractivity contribution in [2.45, 2.75) is 9.10 Å². The number of fused-ring (bicyclic) bond motifs is 1. The lowest BCUT2D eigenvalue weighted by Gasteiger charge is -1.94. The highest BCUT2D eigenvalue weighted by Crippen LogP contribution is 2.35. The second-order valence-electron chi connectivity index (χ2n) is 2.62. The summed E-state index contributed by atoms with van der Waals surface area (Å²) in [4.78, 5) is 1.04. The van der Waals surface area contributed by atoms with Crippen molar-refractivity contribution in [2.24, 2.45) is 0 Å². The Balaban J connectivity index is 2.75. The first-order valence-corrected chi connectivity index (χ1v) is 7.23. The Bertz CT molecular complexity index is 447. The van der Waals surface area contributed by atoms with Gasteiger partial charge in [0.05, 0.1) is 4.21 Å². The third kappa shape index (κ3) is 2.00. The summed E-state index contributed by atoms with van der Waals surface area (Å²) >= 11 is 10.4. The molecule has 0 aliphatic carbocycles. The summed E-state index contributed by atoms with van der Waals surface area (Å²) in [5, 5.41) is 1.31. The van der Waals surface area contributed by atoms with Crippen molar-refractivity contribution < 1.29 is 0 Å². The number of halogens is 1. The smallest absolute Gasteiger partial charge is 0.0608 e. The summed E-state index contributed by atoms with van der Waals surface area (Å²) in [6, 6.07) is 6.45. The van der Waals surface area contributed by atoms with Crippen molar-refractivity contribution in [3.8, 4) is 0 Å². The Kier molecular flexibility index (Phi) is 3.12. The lowest BCUT2D eigenvalue weighted by molar-refractivity contribution is 1.51. The molecule has 0 unspecified atom stereocenters. The maximum atomic E-state index is 4.36. The highest BCUT2D eigenvalue weighted by Gasteiger charge is 2.04. The van der Waals surface area contributed by atoms with Gasteiger partial charge in [-0.25, -0.2) is 0 Å². The van der Waals surface area contributed by atoms with Gasteiger partial charge in [-0.05, 0) is 52.4 Å². The standard InChI is InChI=1S/C9H7IS3/c1-12-8-3-5-2-6(11)4-7(10)9(5)13-8/h2-4,11H,1H3. The van der Waals surface area contributed by atoms with Crippen LogP contribution in [0.5, 0.6) is 0 Å². The van der Waals surface area contributed by atoms with Crippen LogP contribution in [0.15, 0.2) is 27.3 Å². The van der Waals surface area contributed by atoms with E-state index in [1.165, 1.54) is 17.9 Å². The molecule has 0 atom stereocenters. The zero-order chi connectivity index (χ0) is 9.42. The number of thioether (sulfide) groups is 1. The van der Waals surface area contributed by atoms with Crippen LogP contribution < -0.4 is 0 Å². The van der Waals surface area contributed by atoms with Gasteiger partial charge in [0, 0.05) is 13.2 Å². The minimum atomic E-state index is 1.04. The molecular weight excluding hydrogens is 331 g/mol. The van der Waals surface area contributed by atoms with Crippen molar-refractivity contribution in [3.63, 3.8) is 0 Å². The van der Waals surface area contributed by atoms with Crippen LogP contribution in [0.25, 0.3) is 10.1 Å². The Morgan fingerprint density at radius 2 is 2.15 bits per heavy atom. The van der Waals surface area contributed by atoms with E-state index in [-0.39, 0.29) is 0 Å². The zero-order valence-corrected chi connectivity index (χ0v) is 11.6. The molecule has 0 radical (unpaired) electrons. The maximum Gasteiger partial charge on any atom is 0.0608 e. The highest BCUT2D eigenvalue weighted by molar-refractivity contribution is 14.1. The molecule has 0 spiro atoms. The Hall–Kier alpha value is 0.610. The molecule has 0 amide bonds. The number of hydrogen-bond donors (Lipinski definition) is 1. The largest absolute Gasteiger partial charge is 0.143 e. The summed E-state index contributed by atoms with van der Waals surface area (Å²) in [5.41, 5.74) is 0. The van der Waals surface area contributed by atoms with Crippen molar-refractivity contribution >= 4 is 68.4 Å². The molecular formula is C9H7IS3. The van der Waals surface area contributed by atoms with Crippen LogP contribution in [-0.2, 0) is 0 Å². The van der Waals surface area contributed by atoms with Gasteiger partial charge in [0.1, 0.15) is 0 Å². The van der Waals surface area contributed by atoms with Gasteiger partial charge in [-0.15, -0.1) is 35.7 Å². The number of hydrogen-bond acceptors (Lipinski definition) is 3. The van der Waals surface area contributed by atoms with Crippen LogP contribution in [0.2, 0.25) is 0 Å². The first kappa shape index (κ1) is 10.1. The summed E-state index contributed by atoms with van der Waals surface area (Å²) in [6.07, 6.45) is 2.11. The summed E-state index contributed by atoms with van der Waals surface area (Å²) in [7, 11) is 0. The predicted molar refractivity (Wildman–Crippen MR) is 73.6 cm³/mol. The molecule has 4 heteroatoms. The number of rotatable bonds is 1. The van der Waals surface area contributed by atoms with Crippen molar-refractivity contribution in [2.75, 3.05) is 6.26 Å². The van der Waals surface area contributed by atoms with Crippen LogP contribution in [0.3, 0.4) is 0 Å². The van der Waals surface area contributed by atoms with E-state index in [1.54, 1.807) is 11.8 Å². The molecule has 13 heavy (non-hydrogen) atoms. The molecule has 0 nitrogen and oxygen atoms in total. The lowest BCUT2D eigenvalue weighted by Crippen LogP contribution is -1.71. The molecule has 0 N–H and O–H groups in total. The number of thiophene rings is 1. The van der Waals surface area contributed by atoms with Gasteiger partial charge >= 0.3 is 0 Å². The highest BCUT2D eigenvalue weighted by atomic mass is 127. The quantitative estimate of drug-likeness (QED) is 0.453. The normalized spacial score (nSPS) is 11.0. The topological polar surface area (TPSA) is 0 Å². The van der Waals surface area contributed by atoms with Crippen LogP contribution in [-0.4, -0.2) is 6.26 Å². The number of benzene rings is 1. The van der Waals surface area contributed by atoms with Gasteiger partial charge in [0.15, 0.2) is 0 Å². The minimum Gasteiger partial charge on any atom is -0.143 e. The minimum absolute atomic E-state index is 1.04. The van der Waals surface area contributed by atoms with Gasteiger partial charge in [0.25, 0.3) is 0 Å². The molecule has 0 saturated carbocycles. The van der Waals surface area contributed by atoms with Crippen LogP contribution in [0, 0.1) is 3.57 Å². The van der Waals surface area contributed by atoms with Crippen LogP contribution in [0.4, 0.5) is 0 Å². The first-order valence-electron chi connectivity index (χ1n) is 3.67. The van der Waals surface area contributed by atoms with Crippen molar-refractivity contribution in [3.05, 3.63) is 21.8 Å². The summed E-state index contributed by atoms with van der Waals surface area (Å²) < 4.78 is 4.04. The zero-order valence-electron chi connectivity index (χ0n) is 6.87. The molecule has 1 heterocycles. The van der Waals surface area contributed by atoms with E-state index < -0.39 is 0 Å². The molecule has 0 aliphatic rings. The second-order valence-corrected chi connectivity index (χ2v) is 6.45. The molecule has 0 aliphatic heterocycles. The monoisotopic (exact) mass is 338 g/mol. The molecule has 1 aromatic heterocycles. The molecule has 68 valence electrons. The van der Waals surface area contributed by atoms with Gasteiger partial charge in [-0.1, -0.05) is 0 Å². The van der Waals surface area contributed by atoms with Crippen molar-refractivity contribution in [1.29, 1.82) is 0 Å². The average molecular weight is 338 g/mol. The van der Waals surface area contributed by atoms with E-state index in [0.29, 0.717) is 0 Å². The Labute approximate surface area is 105 Å². The lowest BCUT2D eigenvalue weighted by atomic mass is 10.3. The first-order chi connectivity index (χ1) is 6.20. The fourth-order valence-electron chi connectivity index (χ4n) is 1.17. The fraction of sp³-hybridized carbons (Fsp3) is 0.111. The van der Waals surface area contributed by atoms with Crippen LogP contribution >= 0.6 is 58.3 Å². The average Bonchev–Trinajstić information content (AvgIpc) is 2.47. The van der Waals surface area contributed by atoms with Crippen molar-refractivity contribution in [1.82, 2.24) is 0 Å². The molecule has 0 fully saturated rings. The second kappa shape index (κ2) is 4.00. The predicted octanol–water partition coefficient (Wildman–Crippen LogP) is 4.52. The third-order valence-electron chi connectivity index (χ3n) is 1.73. The maximum absolute atomic E-state index is 4.36. The van der Waals surface area contributed by atoms with Gasteiger partial charge in [-0.3, -0.25) is 0 Å². The van der Waals surface area contributed by atoms with Gasteiger partial charge < -0.3 is 0 Å². The molecule has 0 bridgehead atoms. The summed E-state index contributed by atoms with van der Waals surface area (Å²) in [5.74, 6) is 0. The van der Waals surface area contributed by atoms with E-state index in [4.69, 9.17) is 0 Å². The molecule has 1 aromatic carbocycles. The van der Waals surface area contributed by atoms with E-state index in [0.717, 1.165) is 4.90 Å². The fourth-order valence-corrected chi connectivity index (χ4v) is 4.27. The summed E-state index contributed by atoms with van der Waals surface area (Å²) in [6.45, 7) is 0. The van der Waals surface area contributed by atoms with Crippen LogP contribution in [0.1, 0.15) is 0 Å². The molecule has 2 rings (SSSR count). The number of thiol groups is 1. The molecule has 2 aromatic rings. The van der Waals surface area contributed by atoms with Gasteiger partial charge in [0.2, 0.25) is 0 Å². The SMILES string of the molecule is CSc1cc2cc(S)cc(I)c2s1. The van der Waals surface area contributed by atoms with E-state index in [2.05, 4.69) is 59.7 Å². The van der Waals surface area contributed by atoms with E-state index >= 15 is 0 Å². The van der Waals surface area contributed by atoms with Gasteiger partial charge in [-0.2, -0.15) is 0 Å². The van der Waals surface area contributed by atoms with E-state index in [9.17, 15) is 0 Å².